The van der Waals surface area contributed by atoms with Gasteiger partial charge in [-0.05, 0) is 24.8 Å². The molecule has 0 aliphatic heterocycles. The zero-order valence-electron chi connectivity index (χ0n) is 18.8. The number of carboxylic acid groups (broad SMARTS) is 1. The first kappa shape index (κ1) is 26.3. The molecule has 0 saturated heterocycles. The molecule has 33 heavy (non-hydrogen) atoms. The maximum Gasteiger partial charge on any atom is 0.326 e. The third-order valence-electron chi connectivity index (χ3n) is 5.05. The monoisotopic (exact) mass is 479 g/mol. The van der Waals surface area contributed by atoms with Crippen LogP contribution in [-0.2, 0) is 25.4 Å². The van der Waals surface area contributed by atoms with E-state index in [4.69, 9.17) is 4.52 Å². The van der Waals surface area contributed by atoms with E-state index in [1.54, 1.807) is 37.3 Å². The van der Waals surface area contributed by atoms with E-state index in [1.807, 2.05) is 13.8 Å². The number of rotatable bonds is 13. The molecular weight excluding hydrogens is 449 g/mol. The molecule has 0 aliphatic rings. The fraction of sp³-hybridized carbons (Fsp3) is 0.455. The standard InChI is InChI=1S/C22H30N3O7P/c1-14(2)9-17(12-33(30,31)21(23-13-26)19-10-15(3)25-32-19)20(27)24-18(22(28)29)11-16-7-5-4-6-8-16/h4-8,10,13-14,17-18,21H,9,11-12H2,1-3H3,(H,23,26)(H,24,27)(H,28,29)(H,30,31)/t17?,18-,21?/m0/s1. The number of nitrogens with zero attached hydrogens (tertiary/aromatic N) is 1. The highest BCUT2D eigenvalue weighted by molar-refractivity contribution is 7.58. The Bertz CT molecular complexity index is 993. The molecule has 2 amide bonds. The molecule has 180 valence electrons. The van der Waals surface area contributed by atoms with Crippen LogP contribution < -0.4 is 10.6 Å². The molecule has 1 heterocycles. The number of amides is 2. The minimum atomic E-state index is -4.21. The van der Waals surface area contributed by atoms with E-state index < -0.39 is 43.1 Å². The Morgan fingerprint density at radius 2 is 1.91 bits per heavy atom. The number of carboxylic acids is 1. The van der Waals surface area contributed by atoms with Crippen molar-refractivity contribution in [3.63, 3.8) is 0 Å². The summed E-state index contributed by atoms with van der Waals surface area (Å²) >= 11 is 0. The van der Waals surface area contributed by atoms with Crippen LogP contribution in [0.3, 0.4) is 0 Å². The van der Waals surface area contributed by atoms with Crippen LogP contribution in [0.5, 0.6) is 0 Å². The van der Waals surface area contributed by atoms with E-state index >= 15 is 0 Å². The second-order valence-corrected chi connectivity index (χ2v) is 10.8. The number of aliphatic carboxylic acids is 1. The number of hydrogen-bond acceptors (Lipinski definition) is 6. The maximum absolute atomic E-state index is 13.3. The van der Waals surface area contributed by atoms with Gasteiger partial charge in [0.2, 0.25) is 19.7 Å². The summed E-state index contributed by atoms with van der Waals surface area (Å²) in [5.74, 6) is -4.19. The van der Waals surface area contributed by atoms with Gasteiger partial charge in [0.15, 0.2) is 11.5 Å². The lowest BCUT2D eigenvalue weighted by atomic mass is 9.97. The number of aromatic nitrogens is 1. The lowest BCUT2D eigenvalue weighted by Gasteiger charge is -2.26. The van der Waals surface area contributed by atoms with E-state index in [2.05, 4.69) is 15.8 Å². The van der Waals surface area contributed by atoms with Crippen molar-refractivity contribution in [3.05, 3.63) is 53.4 Å². The van der Waals surface area contributed by atoms with Gasteiger partial charge >= 0.3 is 5.97 Å². The van der Waals surface area contributed by atoms with Crippen LogP contribution in [0, 0.1) is 18.8 Å². The summed E-state index contributed by atoms with van der Waals surface area (Å²) < 4.78 is 18.3. The Kier molecular flexibility index (Phi) is 9.37. The molecular formula is C22H30N3O7P. The molecule has 1 aromatic heterocycles. The maximum atomic E-state index is 13.3. The van der Waals surface area contributed by atoms with Gasteiger partial charge in [-0.3, -0.25) is 14.2 Å². The van der Waals surface area contributed by atoms with Gasteiger partial charge in [-0.25, -0.2) is 4.79 Å². The fourth-order valence-corrected chi connectivity index (χ4v) is 5.54. The van der Waals surface area contributed by atoms with Crippen molar-refractivity contribution in [3.8, 4) is 0 Å². The number of carbonyl (C=O) groups excluding carboxylic acids is 2. The Morgan fingerprint density at radius 3 is 2.42 bits per heavy atom. The van der Waals surface area contributed by atoms with Crippen molar-refractivity contribution in [2.75, 3.05) is 6.16 Å². The third kappa shape index (κ3) is 7.83. The zero-order valence-corrected chi connectivity index (χ0v) is 19.7. The van der Waals surface area contributed by atoms with E-state index in [0.717, 1.165) is 5.56 Å². The highest BCUT2D eigenvalue weighted by atomic mass is 31.2. The van der Waals surface area contributed by atoms with E-state index in [0.29, 0.717) is 5.69 Å². The van der Waals surface area contributed by atoms with Crippen LogP contribution in [0.15, 0.2) is 40.9 Å². The average Bonchev–Trinajstić information content (AvgIpc) is 3.16. The van der Waals surface area contributed by atoms with Gasteiger partial charge in [0.1, 0.15) is 6.04 Å². The smallest absolute Gasteiger partial charge is 0.326 e. The van der Waals surface area contributed by atoms with Gasteiger partial charge in [-0.15, -0.1) is 0 Å². The van der Waals surface area contributed by atoms with Crippen LogP contribution in [0.25, 0.3) is 0 Å². The topological polar surface area (TPSA) is 159 Å². The largest absolute Gasteiger partial charge is 0.480 e. The van der Waals surface area contributed by atoms with Gasteiger partial charge < -0.3 is 25.2 Å². The lowest BCUT2D eigenvalue weighted by Crippen LogP contribution is -2.46. The van der Waals surface area contributed by atoms with E-state index in [-0.39, 0.29) is 30.9 Å². The van der Waals surface area contributed by atoms with Crippen molar-refractivity contribution < 1.29 is 33.5 Å². The first-order valence-electron chi connectivity index (χ1n) is 10.5. The second-order valence-electron chi connectivity index (χ2n) is 8.41. The molecule has 10 nitrogen and oxygen atoms in total. The molecule has 4 atom stereocenters. The molecule has 1 aromatic carbocycles. The summed E-state index contributed by atoms with van der Waals surface area (Å²) in [6.07, 6.45) is 0.125. The molecule has 0 spiro atoms. The van der Waals surface area contributed by atoms with Crippen molar-refractivity contribution >= 4 is 25.7 Å². The van der Waals surface area contributed by atoms with Crippen LogP contribution >= 0.6 is 7.37 Å². The van der Waals surface area contributed by atoms with Crippen LogP contribution in [0.2, 0.25) is 0 Å². The lowest BCUT2D eigenvalue weighted by molar-refractivity contribution is -0.142. The molecule has 11 heteroatoms. The molecule has 2 rings (SSSR count). The van der Waals surface area contributed by atoms with Gasteiger partial charge in [-0.2, -0.15) is 0 Å². The highest BCUT2D eigenvalue weighted by Gasteiger charge is 2.40. The fourth-order valence-electron chi connectivity index (χ4n) is 3.57. The Balaban J connectivity index is 2.23. The van der Waals surface area contributed by atoms with Gasteiger partial charge in [0, 0.05) is 24.6 Å². The summed E-state index contributed by atoms with van der Waals surface area (Å²) in [5.41, 5.74) is 1.19. The minimum absolute atomic E-state index is 0.00151. The first-order valence-corrected chi connectivity index (χ1v) is 12.5. The normalized spacial score (nSPS) is 15.8. The highest BCUT2D eigenvalue weighted by Crippen LogP contribution is 2.55. The molecule has 0 bridgehead atoms. The van der Waals surface area contributed by atoms with Gasteiger partial charge in [0.25, 0.3) is 0 Å². The van der Waals surface area contributed by atoms with Crippen molar-refractivity contribution in [1.82, 2.24) is 15.8 Å². The molecule has 2 aromatic rings. The predicted molar refractivity (Wildman–Crippen MR) is 121 cm³/mol. The molecule has 0 fully saturated rings. The Morgan fingerprint density at radius 1 is 1.24 bits per heavy atom. The molecule has 0 radical (unpaired) electrons. The summed E-state index contributed by atoms with van der Waals surface area (Å²) in [4.78, 5) is 46.7. The first-order chi connectivity index (χ1) is 15.5. The minimum Gasteiger partial charge on any atom is -0.480 e. The van der Waals surface area contributed by atoms with Crippen LogP contribution in [-0.4, -0.2) is 45.6 Å². The number of carbonyl (C=O) groups is 3. The van der Waals surface area contributed by atoms with Crippen LogP contribution in [0.1, 0.15) is 43.1 Å². The Hall–Kier alpha value is -2.97. The predicted octanol–water partition coefficient (Wildman–Crippen LogP) is 2.47. The average molecular weight is 479 g/mol. The number of hydrogen-bond donors (Lipinski definition) is 4. The summed E-state index contributed by atoms with van der Waals surface area (Å²) in [6, 6.07) is 9.08. The number of benzene rings is 1. The zero-order chi connectivity index (χ0) is 24.6. The van der Waals surface area contributed by atoms with E-state index in [9.17, 15) is 28.9 Å². The summed E-state index contributed by atoms with van der Waals surface area (Å²) in [7, 11) is -4.21. The Labute approximate surface area is 192 Å². The van der Waals surface area contributed by atoms with Gasteiger partial charge in [-0.1, -0.05) is 49.3 Å². The van der Waals surface area contributed by atoms with Crippen molar-refractivity contribution in [2.45, 2.75) is 45.4 Å². The van der Waals surface area contributed by atoms with Crippen molar-refractivity contribution in [2.24, 2.45) is 11.8 Å². The number of aryl methyl sites for hydroxylation is 1. The molecule has 3 unspecified atom stereocenters. The third-order valence-corrected chi connectivity index (χ3v) is 7.23. The molecule has 0 saturated carbocycles. The summed E-state index contributed by atoms with van der Waals surface area (Å²) in [5, 5.41) is 18.1. The number of nitrogens with one attached hydrogen (secondary N) is 2. The van der Waals surface area contributed by atoms with E-state index in [1.165, 1.54) is 6.07 Å². The second kappa shape index (κ2) is 11.8. The van der Waals surface area contributed by atoms with Crippen molar-refractivity contribution in [1.29, 1.82) is 0 Å². The SMILES string of the molecule is Cc1cc(C(NC=O)P(=O)(O)CC(CC(C)C)C(=O)N[C@@H](Cc2ccccc2)C(=O)O)on1. The quantitative estimate of drug-likeness (QED) is 0.252. The molecule has 0 aliphatic carbocycles. The van der Waals surface area contributed by atoms with Gasteiger partial charge in [0.05, 0.1) is 5.69 Å². The van der Waals surface area contributed by atoms with Crippen LogP contribution in [0.4, 0.5) is 0 Å². The molecule has 4 N–H and O–H groups in total. The summed E-state index contributed by atoms with van der Waals surface area (Å²) in [6.45, 7) is 5.32.